The highest BCUT2D eigenvalue weighted by Crippen LogP contribution is 2.47. The van der Waals surface area contributed by atoms with Crippen LogP contribution < -0.4 is 4.90 Å². The van der Waals surface area contributed by atoms with Gasteiger partial charge in [-0.1, -0.05) is 124 Å². The van der Waals surface area contributed by atoms with Crippen LogP contribution in [0, 0.1) is 5.92 Å². The van der Waals surface area contributed by atoms with Gasteiger partial charge < -0.3 is 4.90 Å². The first-order valence-corrected chi connectivity index (χ1v) is 15.1. The summed E-state index contributed by atoms with van der Waals surface area (Å²) in [4.78, 5) is 22.8. The number of nitrogens with zero attached hydrogens (tertiary/aromatic N) is 3. The summed E-state index contributed by atoms with van der Waals surface area (Å²) in [5, 5.41) is 0. The van der Waals surface area contributed by atoms with E-state index in [1.807, 2.05) is 0 Å². The molecule has 0 radical (unpaired) electrons. The minimum Gasteiger partial charge on any atom is -0.334 e. The van der Waals surface area contributed by atoms with E-state index in [0.717, 1.165) is 34.5 Å². The molecular formula is C40H37N3O. The Hall–Kier alpha value is -5.09. The Labute approximate surface area is 260 Å². The number of allylic oxidation sites excluding steroid dienone is 7. The van der Waals surface area contributed by atoms with Gasteiger partial charge in [-0.2, -0.15) is 9.98 Å². The Morgan fingerprint density at radius 3 is 2.27 bits per heavy atom. The standard InChI is InChI=1S/C40H37N3O/c1-6-35-38(42-39(44)41-35)37-28(3)40(4,5)34-26-29(24-25-33(34)37)17-15-23-36(32-22-14-13-16-27(32)2)43(30-18-9-7-10-19-30)31-20-11-8-12-21-31/h6-16,18-26,32,36H,1-2,17H2,3-5H3/b23-15-. The predicted molar refractivity (Wildman–Crippen MR) is 185 cm³/mol. The van der Waals surface area contributed by atoms with Gasteiger partial charge in [0, 0.05) is 28.3 Å². The molecule has 0 fully saturated rings. The first-order valence-electron chi connectivity index (χ1n) is 15.1. The summed E-state index contributed by atoms with van der Waals surface area (Å²) in [6.45, 7) is 14.9. The van der Waals surface area contributed by atoms with Crippen LogP contribution in [-0.2, 0) is 11.8 Å². The molecule has 0 aromatic heterocycles. The van der Waals surface area contributed by atoms with Crippen LogP contribution in [0.5, 0.6) is 0 Å². The number of rotatable bonds is 9. The fourth-order valence-electron chi connectivity index (χ4n) is 6.45. The molecule has 0 saturated carbocycles. The Morgan fingerprint density at radius 1 is 0.955 bits per heavy atom. The number of fused-ring (bicyclic) bond motifs is 1. The van der Waals surface area contributed by atoms with Crippen LogP contribution in [0.1, 0.15) is 37.5 Å². The van der Waals surface area contributed by atoms with Crippen molar-refractivity contribution in [3.05, 3.63) is 162 Å². The van der Waals surface area contributed by atoms with Crippen molar-refractivity contribution in [3.8, 4) is 0 Å². The summed E-state index contributed by atoms with van der Waals surface area (Å²) in [6, 6.07) is 27.3. The van der Waals surface area contributed by atoms with Crippen LogP contribution in [-0.4, -0.2) is 23.5 Å². The molecule has 3 aromatic carbocycles. The number of carbonyl (C=O) groups is 1. The van der Waals surface area contributed by atoms with E-state index >= 15 is 0 Å². The minimum atomic E-state index is -0.469. The fraction of sp³-hybridized carbons (Fsp3) is 0.175. The number of hydrogen-bond acceptors (Lipinski definition) is 2. The molecule has 2 aliphatic carbocycles. The molecule has 44 heavy (non-hydrogen) atoms. The number of aliphatic imine (C=N–C) groups is 2. The lowest BCUT2D eigenvalue weighted by molar-refractivity contribution is 0.257. The predicted octanol–water partition coefficient (Wildman–Crippen LogP) is 9.56. The molecule has 4 nitrogen and oxygen atoms in total. The molecule has 6 rings (SSSR count). The highest BCUT2D eigenvalue weighted by molar-refractivity contribution is 6.64. The van der Waals surface area contributed by atoms with E-state index in [0.29, 0.717) is 11.4 Å². The maximum Gasteiger partial charge on any atom is 0.368 e. The van der Waals surface area contributed by atoms with E-state index in [1.165, 1.54) is 16.7 Å². The van der Waals surface area contributed by atoms with Crippen LogP contribution in [0.2, 0.25) is 0 Å². The zero-order valence-electron chi connectivity index (χ0n) is 25.6. The maximum absolute atomic E-state index is 12.1. The zero-order valence-corrected chi connectivity index (χ0v) is 25.6. The minimum absolute atomic E-state index is 0.0180. The third-order valence-electron chi connectivity index (χ3n) is 9.03. The molecule has 1 heterocycles. The lowest BCUT2D eigenvalue weighted by atomic mass is 9.81. The number of amides is 2. The highest BCUT2D eigenvalue weighted by Gasteiger charge is 2.39. The fourth-order valence-corrected chi connectivity index (χ4v) is 6.45. The van der Waals surface area contributed by atoms with Gasteiger partial charge in [-0.3, -0.25) is 0 Å². The Balaban J connectivity index is 1.34. The first kappa shape index (κ1) is 29.0. The van der Waals surface area contributed by atoms with E-state index in [2.05, 4.69) is 164 Å². The molecule has 2 atom stereocenters. The van der Waals surface area contributed by atoms with Crippen LogP contribution >= 0.6 is 0 Å². The van der Waals surface area contributed by atoms with Gasteiger partial charge in [0.25, 0.3) is 0 Å². The maximum atomic E-state index is 12.1. The van der Waals surface area contributed by atoms with Gasteiger partial charge in [-0.15, -0.1) is 0 Å². The summed E-state index contributed by atoms with van der Waals surface area (Å²) in [7, 11) is 0. The molecule has 3 aromatic rings. The number of para-hydroxylation sites is 2. The van der Waals surface area contributed by atoms with Crippen molar-refractivity contribution < 1.29 is 4.79 Å². The van der Waals surface area contributed by atoms with E-state index in [-0.39, 0.29) is 17.4 Å². The largest absolute Gasteiger partial charge is 0.368 e. The summed E-state index contributed by atoms with van der Waals surface area (Å²) in [5.74, 6) is 0.112. The highest BCUT2D eigenvalue weighted by atomic mass is 16.2. The van der Waals surface area contributed by atoms with E-state index in [4.69, 9.17) is 0 Å². The Bertz CT molecular complexity index is 1780. The number of anilines is 2. The molecule has 2 unspecified atom stereocenters. The van der Waals surface area contributed by atoms with Crippen LogP contribution in [0.25, 0.3) is 5.57 Å². The third-order valence-corrected chi connectivity index (χ3v) is 9.03. The molecule has 0 bridgehead atoms. The molecule has 0 N–H and O–H groups in total. The molecule has 1 aliphatic heterocycles. The Morgan fingerprint density at radius 2 is 1.64 bits per heavy atom. The summed E-state index contributed by atoms with van der Waals surface area (Å²) >= 11 is 0. The molecule has 0 saturated heterocycles. The second kappa shape index (κ2) is 11.9. The van der Waals surface area contributed by atoms with Gasteiger partial charge in [-0.05, 0) is 65.9 Å². The van der Waals surface area contributed by atoms with Gasteiger partial charge in [0.05, 0.1) is 11.8 Å². The van der Waals surface area contributed by atoms with Gasteiger partial charge in [0.15, 0.2) is 0 Å². The van der Waals surface area contributed by atoms with Gasteiger partial charge in [-0.25, -0.2) is 4.79 Å². The quantitative estimate of drug-likeness (QED) is 0.239. The zero-order chi connectivity index (χ0) is 30.8. The van der Waals surface area contributed by atoms with Gasteiger partial charge >= 0.3 is 6.03 Å². The van der Waals surface area contributed by atoms with Crippen LogP contribution in [0.15, 0.2) is 156 Å². The van der Waals surface area contributed by atoms with Crippen LogP contribution in [0.3, 0.4) is 0 Å². The lowest BCUT2D eigenvalue weighted by Crippen LogP contribution is -2.36. The van der Waals surface area contributed by atoms with Crippen molar-refractivity contribution in [1.82, 2.24) is 0 Å². The first-order chi connectivity index (χ1) is 21.3. The van der Waals surface area contributed by atoms with Crippen molar-refractivity contribution in [1.29, 1.82) is 0 Å². The second-order valence-corrected chi connectivity index (χ2v) is 12.0. The smallest absolute Gasteiger partial charge is 0.334 e. The van der Waals surface area contributed by atoms with Crippen molar-refractivity contribution >= 4 is 34.4 Å². The molecule has 218 valence electrons. The Kier molecular flexibility index (Phi) is 7.84. The van der Waals surface area contributed by atoms with Gasteiger partial charge in [0.1, 0.15) is 5.71 Å². The number of urea groups is 1. The monoisotopic (exact) mass is 575 g/mol. The molecular weight excluding hydrogens is 538 g/mol. The summed E-state index contributed by atoms with van der Waals surface area (Å²) < 4.78 is 0. The van der Waals surface area contributed by atoms with Crippen molar-refractivity contribution in [2.75, 3.05) is 4.90 Å². The number of hydrogen-bond donors (Lipinski definition) is 0. The number of benzene rings is 3. The molecule has 0 spiro atoms. The van der Waals surface area contributed by atoms with E-state index in [1.54, 1.807) is 6.08 Å². The average Bonchev–Trinajstić information content (AvgIpc) is 3.50. The number of carbonyl (C=O) groups excluding carboxylic acids is 1. The van der Waals surface area contributed by atoms with Crippen molar-refractivity contribution in [3.63, 3.8) is 0 Å². The summed E-state index contributed by atoms with van der Waals surface area (Å²) in [5.41, 5.74) is 10.1. The third kappa shape index (κ3) is 5.28. The molecule has 3 aliphatic rings. The SMILES string of the molecule is C=CC1=NC(=O)N=C1C1=C(C)C(C)(C)c2cc(C/C=C\C(C3C=CC=CC3=C)N(c3ccccc3)c3ccccc3)ccc21. The average molecular weight is 576 g/mol. The lowest BCUT2D eigenvalue weighted by Gasteiger charge is -2.37. The van der Waals surface area contributed by atoms with Crippen molar-refractivity contribution in [2.24, 2.45) is 15.9 Å². The summed E-state index contributed by atoms with van der Waals surface area (Å²) in [6.07, 6.45) is 15.6. The normalized spacial score (nSPS) is 19.3. The topological polar surface area (TPSA) is 45.0 Å². The van der Waals surface area contributed by atoms with Crippen molar-refractivity contribution in [2.45, 2.75) is 38.6 Å². The second-order valence-electron chi connectivity index (χ2n) is 12.0. The van der Waals surface area contributed by atoms with E-state index in [9.17, 15) is 4.79 Å². The van der Waals surface area contributed by atoms with Gasteiger partial charge in [0.2, 0.25) is 0 Å². The van der Waals surface area contributed by atoms with Crippen LogP contribution in [0.4, 0.5) is 16.2 Å². The molecule has 2 amide bonds. The van der Waals surface area contributed by atoms with E-state index < -0.39 is 6.03 Å². The molecule has 4 heteroatoms.